The molecule has 2 heterocycles. The Morgan fingerprint density at radius 1 is 0.971 bits per heavy atom. The second kappa shape index (κ2) is 8.96. The molecule has 0 unspecified atom stereocenters. The van der Waals surface area contributed by atoms with Crippen LogP contribution >= 0.6 is 11.3 Å². The number of nitrogen functional groups attached to an aromatic ring is 1. The third kappa shape index (κ3) is 4.09. The van der Waals surface area contributed by atoms with Crippen LogP contribution in [0, 0.1) is 5.82 Å². The van der Waals surface area contributed by atoms with E-state index < -0.39 is 0 Å². The summed E-state index contributed by atoms with van der Waals surface area (Å²) in [5.74, 6) is 0.00480. The van der Waals surface area contributed by atoms with Gasteiger partial charge in [0.2, 0.25) is 0 Å². The van der Waals surface area contributed by atoms with Gasteiger partial charge in [-0.1, -0.05) is 42.5 Å². The van der Waals surface area contributed by atoms with Gasteiger partial charge in [-0.2, -0.15) is 0 Å². The maximum Gasteiger partial charge on any atom is 0.267 e. The molecule has 0 aliphatic carbocycles. The highest BCUT2D eigenvalue weighted by Gasteiger charge is 2.22. The number of halogens is 1. The summed E-state index contributed by atoms with van der Waals surface area (Å²) in [6.45, 7) is 0. The summed E-state index contributed by atoms with van der Waals surface area (Å²) < 4.78 is 18.5. The lowest BCUT2D eigenvalue weighted by atomic mass is 9.99. The smallest absolute Gasteiger partial charge is 0.267 e. The van der Waals surface area contributed by atoms with E-state index >= 15 is 0 Å². The van der Waals surface area contributed by atoms with Crippen molar-refractivity contribution in [2.75, 3.05) is 18.2 Å². The van der Waals surface area contributed by atoms with Gasteiger partial charge in [0, 0.05) is 16.6 Å². The van der Waals surface area contributed by atoms with Crippen molar-refractivity contribution in [1.82, 2.24) is 4.98 Å². The number of pyridine rings is 1. The number of hydrogen-bond donors (Lipinski definition) is 2. The zero-order chi connectivity index (χ0) is 23.7. The second-order valence-corrected chi connectivity index (χ2v) is 8.63. The average molecular weight is 470 g/mol. The highest BCUT2D eigenvalue weighted by atomic mass is 32.1. The van der Waals surface area contributed by atoms with Crippen LogP contribution in [0.2, 0.25) is 0 Å². The summed E-state index contributed by atoms with van der Waals surface area (Å²) in [6.07, 6.45) is 0. The number of carbonyl (C=O) groups is 1. The Morgan fingerprint density at radius 2 is 1.68 bits per heavy atom. The van der Waals surface area contributed by atoms with E-state index in [1.807, 2.05) is 60.7 Å². The third-order valence-electron chi connectivity index (χ3n) is 5.48. The number of hydrogen-bond acceptors (Lipinski definition) is 5. The molecule has 5 nitrogen and oxygen atoms in total. The van der Waals surface area contributed by atoms with Gasteiger partial charge in [0.15, 0.2) is 0 Å². The normalized spacial score (nSPS) is 10.9. The Kier molecular flexibility index (Phi) is 5.69. The molecule has 0 bridgehead atoms. The molecule has 0 saturated heterocycles. The number of benzene rings is 3. The minimum Gasteiger partial charge on any atom is -0.497 e. The second-order valence-electron chi connectivity index (χ2n) is 7.64. The van der Waals surface area contributed by atoms with E-state index in [0.29, 0.717) is 21.1 Å². The number of ether oxygens (including phenoxy) is 1. The van der Waals surface area contributed by atoms with Crippen LogP contribution in [0.15, 0.2) is 84.9 Å². The van der Waals surface area contributed by atoms with Crippen LogP contribution < -0.4 is 15.8 Å². The number of aromatic nitrogens is 1. The quantitative estimate of drug-likeness (QED) is 0.304. The zero-order valence-corrected chi connectivity index (χ0v) is 19.0. The van der Waals surface area contributed by atoms with Crippen LogP contribution in [0.25, 0.3) is 32.6 Å². The maximum atomic E-state index is 13.2. The van der Waals surface area contributed by atoms with E-state index in [9.17, 15) is 9.18 Å². The molecular formula is C27H20FN3O2S. The molecule has 5 aromatic rings. The number of thiophene rings is 1. The van der Waals surface area contributed by atoms with Crippen LogP contribution in [0.3, 0.4) is 0 Å². The summed E-state index contributed by atoms with van der Waals surface area (Å²) in [5, 5.41) is 3.51. The summed E-state index contributed by atoms with van der Waals surface area (Å²) in [4.78, 5) is 18.9. The van der Waals surface area contributed by atoms with Crippen molar-refractivity contribution >= 4 is 38.8 Å². The fraction of sp³-hybridized carbons (Fsp3) is 0.0370. The fourth-order valence-corrected chi connectivity index (χ4v) is 4.78. The standard InChI is InChI=1S/C27H20FN3O2S/c1-33-20-13-7-16(8-14-20)21-15-22(17-5-3-2-4-6-17)31-27-23(21)24(29)25(34-27)26(32)30-19-11-9-18(28)10-12-19/h2-15H,29H2,1H3,(H,30,32). The number of nitrogens with two attached hydrogens (primary N) is 1. The molecule has 5 rings (SSSR count). The zero-order valence-electron chi connectivity index (χ0n) is 18.2. The van der Waals surface area contributed by atoms with Crippen molar-refractivity contribution in [3.05, 3.63) is 95.6 Å². The summed E-state index contributed by atoms with van der Waals surface area (Å²) in [5.41, 5.74) is 10.9. The predicted octanol–water partition coefficient (Wildman–Crippen LogP) is 6.61. The molecule has 0 aliphatic rings. The molecule has 7 heteroatoms. The highest BCUT2D eigenvalue weighted by molar-refractivity contribution is 7.21. The SMILES string of the molecule is COc1ccc(-c2cc(-c3ccccc3)nc3sc(C(=O)Nc4ccc(F)cc4)c(N)c23)cc1. The van der Waals surface area contributed by atoms with Gasteiger partial charge in [-0.25, -0.2) is 9.37 Å². The first-order chi connectivity index (χ1) is 16.5. The van der Waals surface area contributed by atoms with Gasteiger partial charge in [-0.3, -0.25) is 4.79 Å². The van der Waals surface area contributed by atoms with Crippen LogP contribution in [-0.4, -0.2) is 18.0 Å². The van der Waals surface area contributed by atoms with E-state index in [2.05, 4.69) is 5.32 Å². The molecule has 3 aromatic carbocycles. The highest BCUT2D eigenvalue weighted by Crippen LogP contribution is 2.41. The minimum atomic E-state index is -0.374. The molecule has 0 fully saturated rings. The van der Waals surface area contributed by atoms with Crippen molar-refractivity contribution in [3.8, 4) is 28.1 Å². The van der Waals surface area contributed by atoms with Crippen molar-refractivity contribution in [2.24, 2.45) is 0 Å². The van der Waals surface area contributed by atoms with Crippen LogP contribution in [-0.2, 0) is 0 Å². The van der Waals surface area contributed by atoms with Gasteiger partial charge in [0.1, 0.15) is 21.3 Å². The third-order valence-corrected chi connectivity index (χ3v) is 6.58. The molecule has 168 valence electrons. The lowest BCUT2D eigenvalue weighted by Gasteiger charge is -2.10. The van der Waals surface area contributed by atoms with Gasteiger partial charge in [-0.05, 0) is 53.6 Å². The molecule has 1 amide bonds. The predicted molar refractivity (Wildman–Crippen MR) is 136 cm³/mol. The number of nitrogens with one attached hydrogen (secondary N) is 1. The molecule has 0 spiro atoms. The van der Waals surface area contributed by atoms with E-state index in [1.54, 1.807) is 7.11 Å². The van der Waals surface area contributed by atoms with E-state index in [0.717, 1.165) is 33.5 Å². The largest absolute Gasteiger partial charge is 0.497 e. The number of fused-ring (bicyclic) bond motifs is 1. The lowest BCUT2D eigenvalue weighted by Crippen LogP contribution is -2.11. The molecule has 3 N–H and O–H groups in total. The lowest BCUT2D eigenvalue weighted by molar-refractivity contribution is 0.103. The molecule has 0 atom stereocenters. The maximum absolute atomic E-state index is 13.2. The van der Waals surface area contributed by atoms with E-state index in [1.165, 1.54) is 35.6 Å². The number of anilines is 2. The first kappa shape index (κ1) is 21.6. The summed E-state index contributed by atoms with van der Waals surface area (Å²) in [7, 11) is 1.62. The molecule has 0 aliphatic heterocycles. The molecule has 2 aromatic heterocycles. The van der Waals surface area contributed by atoms with Gasteiger partial charge < -0.3 is 15.8 Å². The van der Waals surface area contributed by atoms with Crippen LogP contribution in [0.4, 0.5) is 15.8 Å². The fourth-order valence-electron chi connectivity index (χ4n) is 3.77. The van der Waals surface area contributed by atoms with E-state index in [-0.39, 0.29) is 11.7 Å². The molecular weight excluding hydrogens is 449 g/mol. The van der Waals surface area contributed by atoms with Crippen LogP contribution in [0.1, 0.15) is 9.67 Å². The van der Waals surface area contributed by atoms with Gasteiger partial charge in [0.05, 0.1) is 18.5 Å². The van der Waals surface area contributed by atoms with Crippen molar-refractivity contribution < 1.29 is 13.9 Å². The van der Waals surface area contributed by atoms with Crippen molar-refractivity contribution in [2.45, 2.75) is 0 Å². The number of carbonyl (C=O) groups excluding carboxylic acids is 1. The first-order valence-electron chi connectivity index (χ1n) is 10.5. The Labute approximate surface area is 199 Å². The van der Waals surface area contributed by atoms with E-state index in [4.69, 9.17) is 15.5 Å². The minimum absolute atomic E-state index is 0.354. The topological polar surface area (TPSA) is 77.2 Å². The number of amides is 1. The first-order valence-corrected chi connectivity index (χ1v) is 11.3. The van der Waals surface area contributed by atoms with Gasteiger partial charge in [-0.15, -0.1) is 11.3 Å². The monoisotopic (exact) mass is 469 g/mol. The summed E-state index contributed by atoms with van der Waals surface area (Å²) >= 11 is 1.23. The Hall–Kier alpha value is -4.23. The van der Waals surface area contributed by atoms with Crippen molar-refractivity contribution in [3.63, 3.8) is 0 Å². The number of rotatable bonds is 5. The van der Waals surface area contributed by atoms with Gasteiger partial charge >= 0.3 is 0 Å². The number of nitrogens with zero attached hydrogens (tertiary/aromatic N) is 1. The molecule has 0 radical (unpaired) electrons. The van der Waals surface area contributed by atoms with Crippen molar-refractivity contribution in [1.29, 1.82) is 0 Å². The van der Waals surface area contributed by atoms with Crippen LogP contribution in [0.5, 0.6) is 5.75 Å². The average Bonchev–Trinajstić information content (AvgIpc) is 3.22. The molecule has 34 heavy (non-hydrogen) atoms. The Morgan fingerprint density at radius 3 is 2.35 bits per heavy atom. The Balaban J connectivity index is 1.65. The molecule has 0 saturated carbocycles. The summed E-state index contributed by atoms with van der Waals surface area (Å²) in [6, 6.07) is 25.1. The Bertz CT molecular complexity index is 1480. The van der Waals surface area contributed by atoms with Gasteiger partial charge in [0.25, 0.3) is 5.91 Å². The number of methoxy groups -OCH3 is 1.